The van der Waals surface area contributed by atoms with E-state index in [0.29, 0.717) is 0 Å². The first-order valence-electron chi connectivity index (χ1n) is 10.3. The van der Waals surface area contributed by atoms with Crippen molar-refractivity contribution in [3.8, 4) is 11.1 Å². The first-order chi connectivity index (χ1) is 15.4. The molecule has 1 aliphatic carbocycles. The van der Waals surface area contributed by atoms with Crippen LogP contribution < -0.4 is 10.6 Å². The quantitative estimate of drug-likeness (QED) is 0.509. The number of amides is 2. The molecule has 1 heterocycles. The van der Waals surface area contributed by atoms with Crippen LogP contribution in [0.25, 0.3) is 11.1 Å². The molecule has 0 radical (unpaired) electrons. The summed E-state index contributed by atoms with van der Waals surface area (Å²) in [5.74, 6) is -2.21. The summed E-state index contributed by atoms with van der Waals surface area (Å²) in [5, 5.41) is 23.1. The highest BCUT2D eigenvalue weighted by molar-refractivity contribution is 5.91. The summed E-state index contributed by atoms with van der Waals surface area (Å²) in [4.78, 5) is 36.0. The van der Waals surface area contributed by atoms with Crippen molar-refractivity contribution < 1.29 is 34.1 Å². The van der Waals surface area contributed by atoms with Gasteiger partial charge in [0, 0.05) is 18.9 Å². The minimum absolute atomic E-state index is 0.0772. The molecule has 0 saturated carbocycles. The number of aliphatic carboxylic acids is 1. The average molecular weight is 440 g/mol. The Morgan fingerprint density at radius 1 is 1.09 bits per heavy atom. The summed E-state index contributed by atoms with van der Waals surface area (Å²) < 4.78 is 10.8. The van der Waals surface area contributed by atoms with E-state index in [4.69, 9.17) is 14.6 Å². The molecular formula is C23H24N2O7. The van der Waals surface area contributed by atoms with Crippen molar-refractivity contribution in [1.82, 2.24) is 10.6 Å². The van der Waals surface area contributed by atoms with Crippen LogP contribution in [0.1, 0.15) is 23.5 Å². The third kappa shape index (κ3) is 4.17. The van der Waals surface area contributed by atoms with Crippen molar-refractivity contribution in [3.63, 3.8) is 0 Å². The molecule has 2 atom stereocenters. The van der Waals surface area contributed by atoms with Crippen molar-refractivity contribution in [2.75, 3.05) is 26.4 Å². The van der Waals surface area contributed by atoms with Gasteiger partial charge in [0.25, 0.3) is 0 Å². The second kappa shape index (κ2) is 8.97. The predicted molar refractivity (Wildman–Crippen MR) is 113 cm³/mol. The van der Waals surface area contributed by atoms with Gasteiger partial charge in [-0.1, -0.05) is 48.5 Å². The fourth-order valence-corrected chi connectivity index (χ4v) is 4.18. The molecule has 9 nitrogen and oxygen atoms in total. The Kier molecular flexibility index (Phi) is 6.11. The summed E-state index contributed by atoms with van der Waals surface area (Å²) in [5.41, 5.74) is 2.96. The Bertz CT molecular complexity index is 987. The topological polar surface area (TPSA) is 134 Å². The Morgan fingerprint density at radius 3 is 2.28 bits per heavy atom. The minimum atomic E-state index is -1.74. The Labute approximate surface area is 184 Å². The smallest absolute Gasteiger partial charge is 0.408 e. The molecule has 2 amide bonds. The van der Waals surface area contributed by atoms with Crippen LogP contribution in [-0.2, 0) is 19.1 Å². The van der Waals surface area contributed by atoms with E-state index in [2.05, 4.69) is 10.6 Å². The number of alkyl carbamates (subject to hydrolysis) is 1. The summed E-state index contributed by atoms with van der Waals surface area (Å²) in [6, 6.07) is 15.9. The zero-order valence-electron chi connectivity index (χ0n) is 17.2. The Balaban J connectivity index is 1.42. The number of hydrogen-bond acceptors (Lipinski definition) is 6. The van der Waals surface area contributed by atoms with Gasteiger partial charge in [-0.3, -0.25) is 4.79 Å². The Hall–Kier alpha value is -3.43. The molecule has 2 aliphatic rings. The SMILES string of the molecule is O=C(NC1(C(=O)NC[C@H](O)C(=O)O)CCOC1)OCC1c2ccccc2-c2ccccc21. The largest absolute Gasteiger partial charge is 0.479 e. The Morgan fingerprint density at radius 2 is 1.72 bits per heavy atom. The van der Waals surface area contributed by atoms with Gasteiger partial charge < -0.3 is 30.3 Å². The van der Waals surface area contributed by atoms with Crippen LogP contribution in [0.3, 0.4) is 0 Å². The van der Waals surface area contributed by atoms with Gasteiger partial charge in [-0.2, -0.15) is 0 Å². The fourth-order valence-electron chi connectivity index (χ4n) is 4.18. The van der Waals surface area contributed by atoms with Gasteiger partial charge in [-0.15, -0.1) is 0 Å². The number of hydrogen-bond donors (Lipinski definition) is 4. The van der Waals surface area contributed by atoms with Crippen LogP contribution in [0.2, 0.25) is 0 Å². The highest BCUT2D eigenvalue weighted by atomic mass is 16.6. The number of aliphatic hydroxyl groups excluding tert-OH is 1. The van der Waals surface area contributed by atoms with Gasteiger partial charge in [-0.25, -0.2) is 9.59 Å². The van der Waals surface area contributed by atoms with E-state index in [0.717, 1.165) is 22.3 Å². The van der Waals surface area contributed by atoms with E-state index >= 15 is 0 Å². The molecule has 0 aromatic heterocycles. The van der Waals surface area contributed by atoms with E-state index in [1.54, 1.807) is 0 Å². The second-order valence-electron chi connectivity index (χ2n) is 7.90. The lowest BCUT2D eigenvalue weighted by molar-refractivity contribution is -0.146. The number of nitrogens with one attached hydrogen (secondary N) is 2. The zero-order chi connectivity index (χ0) is 22.7. The molecule has 1 fully saturated rings. The van der Waals surface area contributed by atoms with E-state index in [1.165, 1.54) is 0 Å². The molecule has 1 saturated heterocycles. The van der Waals surface area contributed by atoms with Gasteiger partial charge in [0.05, 0.1) is 13.2 Å². The summed E-state index contributed by atoms with van der Waals surface area (Å²) in [6.45, 7) is -0.219. The first kappa shape index (κ1) is 21.8. The van der Waals surface area contributed by atoms with Gasteiger partial charge >= 0.3 is 12.1 Å². The maximum Gasteiger partial charge on any atom is 0.408 e. The molecule has 32 heavy (non-hydrogen) atoms. The summed E-state index contributed by atoms with van der Waals surface area (Å²) in [7, 11) is 0. The van der Waals surface area contributed by atoms with E-state index in [-0.39, 0.29) is 32.2 Å². The monoisotopic (exact) mass is 440 g/mol. The lowest BCUT2D eigenvalue weighted by Crippen LogP contribution is -2.60. The van der Waals surface area contributed by atoms with Crippen molar-refractivity contribution >= 4 is 18.0 Å². The number of carbonyl (C=O) groups is 3. The van der Waals surface area contributed by atoms with E-state index in [9.17, 15) is 19.5 Å². The molecule has 168 valence electrons. The molecule has 4 N–H and O–H groups in total. The fraction of sp³-hybridized carbons (Fsp3) is 0.348. The number of fused-ring (bicyclic) bond motifs is 3. The number of carboxylic acids is 1. The number of carbonyl (C=O) groups excluding carboxylic acids is 2. The molecule has 1 unspecified atom stereocenters. The minimum Gasteiger partial charge on any atom is -0.479 e. The normalized spacial score (nSPS) is 20.2. The average Bonchev–Trinajstić information content (AvgIpc) is 3.39. The maximum atomic E-state index is 12.7. The molecule has 4 rings (SSSR count). The molecule has 9 heteroatoms. The standard InChI is InChI=1S/C23H24N2O7/c26-19(20(27)28)11-24-21(29)23(9-10-31-13-23)25-22(30)32-12-18-16-7-3-1-5-14(16)15-6-2-4-8-17(15)18/h1-8,18-19,26H,9-13H2,(H,24,29)(H,25,30)(H,27,28)/t19-,23?/m0/s1. The van der Waals surface area contributed by atoms with Crippen molar-refractivity contribution in [2.45, 2.75) is 24.0 Å². The molecule has 0 bridgehead atoms. The number of benzene rings is 2. The van der Waals surface area contributed by atoms with Crippen LogP contribution in [0.4, 0.5) is 4.79 Å². The van der Waals surface area contributed by atoms with Crippen LogP contribution >= 0.6 is 0 Å². The number of rotatable bonds is 7. The highest BCUT2D eigenvalue weighted by Gasteiger charge is 2.44. The van der Waals surface area contributed by atoms with Crippen LogP contribution in [-0.4, -0.2) is 66.2 Å². The lowest BCUT2D eigenvalue weighted by atomic mass is 9.97. The highest BCUT2D eigenvalue weighted by Crippen LogP contribution is 2.44. The van der Waals surface area contributed by atoms with Gasteiger partial charge in [-0.05, 0) is 22.3 Å². The maximum absolute atomic E-state index is 12.7. The van der Waals surface area contributed by atoms with Gasteiger partial charge in [0.15, 0.2) is 6.10 Å². The number of ether oxygens (including phenoxy) is 2. The second-order valence-corrected chi connectivity index (χ2v) is 7.90. The molecule has 2 aromatic carbocycles. The molecule has 0 spiro atoms. The zero-order valence-corrected chi connectivity index (χ0v) is 17.2. The van der Waals surface area contributed by atoms with Crippen LogP contribution in [0, 0.1) is 0 Å². The predicted octanol–water partition coefficient (Wildman–Crippen LogP) is 1.25. The van der Waals surface area contributed by atoms with Crippen molar-refractivity contribution in [2.24, 2.45) is 0 Å². The van der Waals surface area contributed by atoms with Crippen molar-refractivity contribution in [3.05, 3.63) is 59.7 Å². The van der Waals surface area contributed by atoms with Gasteiger partial charge in [0.1, 0.15) is 12.1 Å². The number of carboxylic acid groups (broad SMARTS) is 1. The van der Waals surface area contributed by atoms with E-state index in [1.807, 2.05) is 48.5 Å². The summed E-state index contributed by atoms with van der Waals surface area (Å²) >= 11 is 0. The van der Waals surface area contributed by atoms with Crippen LogP contribution in [0.5, 0.6) is 0 Å². The lowest BCUT2D eigenvalue weighted by Gasteiger charge is -2.27. The van der Waals surface area contributed by atoms with Crippen LogP contribution in [0.15, 0.2) is 48.5 Å². The molecular weight excluding hydrogens is 416 g/mol. The van der Waals surface area contributed by atoms with Crippen molar-refractivity contribution in [1.29, 1.82) is 0 Å². The van der Waals surface area contributed by atoms with Gasteiger partial charge in [0.2, 0.25) is 5.91 Å². The third-order valence-corrected chi connectivity index (χ3v) is 5.88. The molecule has 1 aliphatic heterocycles. The number of aliphatic hydroxyl groups is 1. The van der Waals surface area contributed by atoms with E-state index < -0.39 is 36.2 Å². The summed E-state index contributed by atoms with van der Waals surface area (Å²) in [6.07, 6.45) is -2.31. The molecule has 2 aromatic rings. The first-order valence-corrected chi connectivity index (χ1v) is 10.3. The third-order valence-electron chi connectivity index (χ3n) is 5.88.